The normalized spacial score (nSPS) is 18.7. The third kappa shape index (κ3) is 4.81. The van der Waals surface area contributed by atoms with E-state index in [0.717, 1.165) is 30.7 Å². The second-order valence-electron chi connectivity index (χ2n) is 7.30. The summed E-state index contributed by atoms with van der Waals surface area (Å²) in [7, 11) is 1.90. The zero-order valence-corrected chi connectivity index (χ0v) is 16.7. The Hall–Kier alpha value is -2.07. The standard InChI is InChI=1S/C20H27N3O3S/c1-3-13-26-20(25)23-11-9-15(10-12-23)18-21-17(14-27-18)19(24)22(2)16-7-5-4-6-8-16/h1,14-16H,4-13H2,2H3. The highest BCUT2D eigenvalue weighted by atomic mass is 32.1. The maximum absolute atomic E-state index is 12.8. The molecule has 2 heterocycles. The van der Waals surface area contributed by atoms with Gasteiger partial charge in [0.1, 0.15) is 5.69 Å². The highest BCUT2D eigenvalue weighted by molar-refractivity contribution is 7.09. The monoisotopic (exact) mass is 389 g/mol. The van der Waals surface area contributed by atoms with Crippen LogP contribution in [0.15, 0.2) is 5.38 Å². The largest absolute Gasteiger partial charge is 0.436 e. The summed E-state index contributed by atoms with van der Waals surface area (Å²) in [5, 5.41) is 2.87. The smallest absolute Gasteiger partial charge is 0.410 e. The summed E-state index contributed by atoms with van der Waals surface area (Å²) in [6, 6.07) is 0.341. The lowest BCUT2D eigenvalue weighted by Crippen LogP contribution is -2.39. The summed E-state index contributed by atoms with van der Waals surface area (Å²) >= 11 is 1.55. The average molecular weight is 390 g/mol. The minimum atomic E-state index is -0.351. The molecule has 27 heavy (non-hydrogen) atoms. The van der Waals surface area contributed by atoms with Crippen molar-refractivity contribution < 1.29 is 14.3 Å². The lowest BCUT2D eigenvalue weighted by Gasteiger charge is -2.31. The molecule has 1 aromatic rings. The lowest BCUT2D eigenvalue weighted by atomic mass is 9.94. The van der Waals surface area contributed by atoms with Gasteiger partial charge in [0.25, 0.3) is 5.91 Å². The molecule has 2 aliphatic rings. The number of rotatable bonds is 4. The number of carbonyl (C=O) groups is 2. The molecular weight excluding hydrogens is 362 g/mol. The maximum atomic E-state index is 12.8. The van der Waals surface area contributed by atoms with Crippen molar-refractivity contribution in [3.63, 3.8) is 0 Å². The van der Waals surface area contributed by atoms with Crippen LogP contribution in [0.3, 0.4) is 0 Å². The van der Waals surface area contributed by atoms with E-state index in [9.17, 15) is 9.59 Å². The van der Waals surface area contributed by atoms with E-state index in [-0.39, 0.29) is 24.5 Å². The van der Waals surface area contributed by atoms with Gasteiger partial charge in [-0.1, -0.05) is 25.2 Å². The van der Waals surface area contributed by atoms with Crippen molar-refractivity contribution >= 4 is 23.3 Å². The number of nitrogens with zero attached hydrogens (tertiary/aromatic N) is 3. The quantitative estimate of drug-likeness (QED) is 0.740. The van der Waals surface area contributed by atoms with Crippen molar-refractivity contribution in [1.82, 2.24) is 14.8 Å². The van der Waals surface area contributed by atoms with Gasteiger partial charge in [-0.2, -0.15) is 0 Å². The van der Waals surface area contributed by atoms with E-state index >= 15 is 0 Å². The van der Waals surface area contributed by atoms with Gasteiger partial charge in [0.2, 0.25) is 0 Å². The van der Waals surface area contributed by atoms with E-state index in [1.807, 2.05) is 17.3 Å². The Labute approximate surface area is 164 Å². The van der Waals surface area contributed by atoms with E-state index in [1.54, 1.807) is 16.2 Å². The fourth-order valence-electron chi connectivity index (χ4n) is 3.89. The Morgan fingerprint density at radius 3 is 2.67 bits per heavy atom. The third-order valence-electron chi connectivity index (χ3n) is 5.57. The van der Waals surface area contributed by atoms with Crippen LogP contribution >= 0.6 is 11.3 Å². The van der Waals surface area contributed by atoms with Crippen molar-refractivity contribution in [3.05, 3.63) is 16.1 Å². The van der Waals surface area contributed by atoms with Gasteiger partial charge < -0.3 is 14.5 Å². The van der Waals surface area contributed by atoms with Crippen molar-refractivity contribution in [2.45, 2.75) is 56.9 Å². The number of carbonyl (C=O) groups excluding carboxylic acids is 2. The summed E-state index contributed by atoms with van der Waals surface area (Å²) < 4.78 is 4.98. The van der Waals surface area contributed by atoms with E-state index < -0.39 is 0 Å². The predicted molar refractivity (Wildman–Crippen MR) is 105 cm³/mol. The van der Waals surface area contributed by atoms with Gasteiger partial charge in [-0.15, -0.1) is 17.8 Å². The fourth-order valence-corrected chi connectivity index (χ4v) is 4.86. The summed E-state index contributed by atoms with van der Waals surface area (Å²) in [6.07, 6.45) is 12.3. The van der Waals surface area contributed by atoms with E-state index in [2.05, 4.69) is 10.9 Å². The number of aromatic nitrogens is 1. The van der Waals surface area contributed by atoms with Gasteiger partial charge in [-0.05, 0) is 25.7 Å². The van der Waals surface area contributed by atoms with Gasteiger partial charge in [0.15, 0.2) is 6.61 Å². The van der Waals surface area contributed by atoms with E-state index in [4.69, 9.17) is 11.2 Å². The first-order valence-electron chi connectivity index (χ1n) is 9.68. The minimum absolute atomic E-state index is 0.00518. The van der Waals surface area contributed by atoms with Crippen LogP contribution in [0.1, 0.15) is 66.4 Å². The molecule has 0 unspecified atom stereocenters. The minimum Gasteiger partial charge on any atom is -0.436 e. The Morgan fingerprint density at radius 1 is 1.30 bits per heavy atom. The third-order valence-corrected chi connectivity index (χ3v) is 6.57. The van der Waals surface area contributed by atoms with Crippen LogP contribution in [0.25, 0.3) is 0 Å². The molecule has 0 bridgehead atoms. The highest BCUT2D eigenvalue weighted by Gasteiger charge is 2.28. The number of ether oxygens (including phenoxy) is 1. The second-order valence-corrected chi connectivity index (χ2v) is 8.19. The van der Waals surface area contributed by atoms with Crippen LogP contribution < -0.4 is 0 Å². The number of likely N-dealkylation sites (tertiary alicyclic amines) is 1. The van der Waals surface area contributed by atoms with E-state index in [1.165, 1.54) is 19.3 Å². The number of terminal acetylenes is 1. The maximum Gasteiger partial charge on any atom is 0.410 e. The Bertz CT molecular complexity index is 698. The second kappa shape index (κ2) is 9.23. The SMILES string of the molecule is C#CCOC(=O)N1CCC(c2nc(C(=O)N(C)C3CCCCC3)cs2)CC1. The van der Waals surface area contributed by atoms with Gasteiger partial charge in [0, 0.05) is 37.5 Å². The van der Waals surface area contributed by atoms with Crippen LogP contribution in [0.4, 0.5) is 4.79 Å². The molecule has 1 saturated carbocycles. The lowest BCUT2D eigenvalue weighted by molar-refractivity contribution is 0.0691. The molecule has 2 amide bonds. The molecule has 0 atom stereocenters. The summed E-state index contributed by atoms with van der Waals surface area (Å²) in [5.41, 5.74) is 0.555. The average Bonchev–Trinajstić information content (AvgIpc) is 3.22. The zero-order valence-electron chi connectivity index (χ0n) is 15.9. The van der Waals surface area contributed by atoms with Crippen molar-refractivity contribution in [2.24, 2.45) is 0 Å². The first-order chi connectivity index (χ1) is 13.1. The molecule has 3 rings (SSSR count). The van der Waals surface area contributed by atoms with Crippen molar-refractivity contribution in [1.29, 1.82) is 0 Å². The highest BCUT2D eigenvalue weighted by Crippen LogP contribution is 2.31. The molecule has 0 N–H and O–H groups in total. The number of amides is 2. The van der Waals surface area contributed by atoms with E-state index in [0.29, 0.717) is 24.8 Å². The Morgan fingerprint density at radius 2 is 2.00 bits per heavy atom. The first kappa shape index (κ1) is 19.7. The number of hydrogen-bond donors (Lipinski definition) is 0. The van der Waals surface area contributed by atoms with Gasteiger partial charge >= 0.3 is 6.09 Å². The van der Waals surface area contributed by atoms with Crippen LogP contribution in [-0.4, -0.2) is 59.6 Å². The van der Waals surface area contributed by atoms with Gasteiger partial charge in [-0.25, -0.2) is 9.78 Å². The van der Waals surface area contributed by atoms with Crippen molar-refractivity contribution in [2.75, 3.05) is 26.7 Å². The van der Waals surface area contributed by atoms with Crippen LogP contribution in [0, 0.1) is 12.3 Å². The van der Waals surface area contributed by atoms with Gasteiger partial charge in [-0.3, -0.25) is 4.79 Å². The molecule has 7 heteroatoms. The summed E-state index contributed by atoms with van der Waals surface area (Å²) in [5.74, 6) is 2.62. The molecular formula is C20H27N3O3S. The topological polar surface area (TPSA) is 62.7 Å². The Balaban J connectivity index is 1.54. The van der Waals surface area contributed by atoms with Crippen LogP contribution in [0.2, 0.25) is 0 Å². The van der Waals surface area contributed by atoms with Crippen LogP contribution in [-0.2, 0) is 4.74 Å². The molecule has 2 fully saturated rings. The molecule has 0 radical (unpaired) electrons. The molecule has 1 aromatic heterocycles. The molecule has 1 aliphatic carbocycles. The number of thiazole rings is 1. The Kier molecular flexibility index (Phi) is 6.73. The zero-order chi connectivity index (χ0) is 19.2. The molecule has 6 nitrogen and oxygen atoms in total. The van der Waals surface area contributed by atoms with Gasteiger partial charge in [0.05, 0.1) is 5.01 Å². The molecule has 0 aromatic carbocycles. The first-order valence-corrected chi connectivity index (χ1v) is 10.6. The fraction of sp³-hybridized carbons (Fsp3) is 0.650. The summed E-state index contributed by atoms with van der Waals surface area (Å²) in [6.45, 7) is 1.25. The van der Waals surface area contributed by atoms with Crippen LogP contribution in [0.5, 0.6) is 0 Å². The van der Waals surface area contributed by atoms with Crippen molar-refractivity contribution in [3.8, 4) is 12.3 Å². The molecule has 1 aliphatic heterocycles. The number of hydrogen-bond acceptors (Lipinski definition) is 5. The number of piperidine rings is 1. The molecule has 146 valence electrons. The summed E-state index contributed by atoms with van der Waals surface area (Å²) in [4.78, 5) is 32.8. The predicted octanol–water partition coefficient (Wildman–Crippen LogP) is 3.50. The molecule has 0 spiro atoms. The molecule has 1 saturated heterocycles.